The summed E-state index contributed by atoms with van der Waals surface area (Å²) in [5, 5.41) is 0. The number of carbonyl (C=O) groups excluding carboxylic acids is 3. The van der Waals surface area contributed by atoms with Gasteiger partial charge in [-0.25, -0.2) is 0 Å². The second-order valence-corrected chi connectivity index (χ2v) is 19.9. The number of allylic oxidation sites excluding steroid dienone is 16. The molecule has 0 saturated carbocycles. The molecule has 0 aromatic carbocycles. The van der Waals surface area contributed by atoms with Gasteiger partial charge < -0.3 is 14.2 Å². The minimum Gasteiger partial charge on any atom is -0.462 e. The highest BCUT2D eigenvalue weighted by Gasteiger charge is 2.19. The van der Waals surface area contributed by atoms with Crippen molar-refractivity contribution in [1.29, 1.82) is 0 Å². The van der Waals surface area contributed by atoms with E-state index in [1.54, 1.807) is 0 Å². The van der Waals surface area contributed by atoms with Crippen molar-refractivity contribution in [2.75, 3.05) is 13.2 Å². The van der Waals surface area contributed by atoms with Crippen molar-refractivity contribution in [2.45, 2.75) is 290 Å². The highest BCUT2D eigenvalue weighted by molar-refractivity contribution is 5.71. The molecule has 0 radical (unpaired) electrons. The average molecular weight is 1000 g/mol. The van der Waals surface area contributed by atoms with Crippen molar-refractivity contribution in [2.24, 2.45) is 0 Å². The molecular formula is C66H112O6. The van der Waals surface area contributed by atoms with Crippen LogP contribution < -0.4 is 0 Å². The second-order valence-electron chi connectivity index (χ2n) is 19.9. The number of hydrogen-bond acceptors (Lipinski definition) is 6. The molecule has 6 heteroatoms. The molecule has 1 unspecified atom stereocenters. The Morgan fingerprint density at radius 2 is 0.556 bits per heavy atom. The van der Waals surface area contributed by atoms with Crippen molar-refractivity contribution in [1.82, 2.24) is 0 Å². The van der Waals surface area contributed by atoms with Gasteiger partial charge in [0.15, 0.2) is 6.10 Å². The molecule has 1 atom stereocenters. The summed E-state index contributed by atoms with van der Waals surface area (Å²) >= 11 is 0. The summed E-state index contributed by atoms with van der Waals surface area (Å²) in [6.45, 7) is 6.47. The van der Waals surface area contributed by atoms with Crippen LogP contribution in [0.5, 0.6) is 0 Å². The highest BCUT2D eigenvalue weighted by atomic mass is 16.6. The molecule has 412 valence electrons. The Labute approximate surface area is 445 Å². The molecule has 0 aliphatic carbocycles. The first-order chi connectivity index (χ1) is 35.5. The van der Waals surface area contributed by atoms with E-state index in [-0.39, 0.29) is 37.5 Å². The predicted molar refractivity (Wildman–Crippen MR) is 311 cm³/mol. The molecule has 0 rings (SSSR count). The van der Waals surface area contributed by atoms with Gasteiger partial charge in [-0.1, -0.05) is 246 Å². The van der Waals surface area contributed by atoms with Crippen LogP contribution in [0.1, 0.15) is 284 Å². The molecule has 72 heavy (non-hydrogen) atoms. The smallest absolute Gasteiger partial charge is 0.306 e. The van der Waals surface area contributed by atoms with E-state index >= 15 is 0 Å². The lowest BCUT2D eigenvalue weighted by atomic mass is 10.1. The first-order valence-corrected chi connectivity index (χ1v) is 30.2. The van der Waals surface area contributed by atoms with E-state index < -0.39 is 6.10 Å². The molecule has 0 aliphatic rings. The van der Waals surface area contributed by atoms with E-state index in [1.807, 2.05) is 0 Å². The van der Waals surface area contributed by atoms with Gasteiger partial charge in [-0.3, -0.25) is 14.4 Å². The van der Waals surface area contributed by atoms with Crippen LogP contribution in [-0.4, -0.2) is 37.2 Å². The molecule has 0 saturated heterocycles. The fourth-order valence-corrected chi connectivity index (χ4v) is 8.27. The van der Waals surface area contributed by atoms with Crippen molar-refractivity contribution >= 4 is 17.9 Å². The summed E-state index contributed by atoms with van der Waals surface area (Å²) in [5.74, 6) is -0.970. The van der Waals surface area contributed by atoms with Crippen LogP contribution in [0.2, 0.25) is 0 Å². The van der Waals surface area contributed by atoms with E-state index in [0.717, 1.165) is 96.3 Å². The summed E-state index contributed by atoms with van der Waals surface area (Å²) < 4.78 is 16.8. The van der Waals surface area contributed by atoms with Crippen LogP contribution in [0.25, 0.3) is 0 Å². The van der Waals surface area contributed by atoms with Crippen LogP contribution in [0.3, 0.4) is 0 Å². The Kier molecular flexibility index (Phi) is 56.8. The average Bonchev–Trinajstić information content (AvgIpc) is 3.38. The highest BCUT2D eigenvalue weighted by Crippen LogP contribution is 2.15. The number of carbonyl (C=O) groups is 3. The molecule has 6 nitrogen and oxygen atoms in total. The molecule has 0 aliphatic heterocycles. The predicted octanol–water partition coefficient (Wildman–Crippen LogP) is 20.5. The number of ether oxygens (including phenoxy) is 3. The van der Waals surface area contributed by atoms with Crippen molar-refractivity contribution in [3.05, 3.63) is 97.2 Å². The minimum atomic E-state index is -0.814. The van der Waals surface area contributed by atoms with Gasteiger partial charge in [-0.05, 0) is 116 Å². The summed E-state index contributed by atoms with van der Waals surface area (Å²) in [5.41, 5.74) is 0. The van der Waals surface area contributed by atoms with E-state index in [9.17, 15) is 14.4 Å². The molecule has 0 amide bonds. The molecule has 0 heterocycles. The lowest BCUT2D eigenvalue weighted by molar-refractivity contribution is -0.167. The lowest BCUT2D eigenvalue weighted by Crippen LogP contribution is -2.30. The van der Waals surface area contributed by atoms with E-state index in [1.165, 1.54) is 141 Å². The number of unbranched alkanes of at least 4 members (excludes halogenated alkanes) is 27. The number of hydrogen-bond donors (Lipinski definition) is 0. The Hall–Kier alpha value is -3.67. The zero-order valence-corrected chi connectivity index (χ0v) is 47.2. The number of rotatable bonds is 54. The van der Waals surface area contributed by atoms with Gasteiger partial charge in [0.25, 0.3) is 0 Å². The van der Waals surface area contributed by atoms with Crippen molar-refractivity contribution in [3.63, 3.8) is 0 Å². The van der Waals surface area contributed by atoms with Crippen LogP contribution in [0, 0.1) is 0 Å². The van der Waals surface area contributed by atoms with Gasteiger partial charge in [0.2, 0.25) is 0 Å². The number of esters is 3. The van der Waals surface area contributed by atoms with Gasteiger partial charge in [-0.2, -0.15) is 0 Å². The summed E-state index contributed by atoms with van der Waals surface area (Å²) in [6, 6.07) is 0. The molecule has 0 aromatic rings. The fourth-order valence-electron chi connectivity index (χ4n) is 8.27. The van der Waals surface area contributed by atoms with Crippen molar-refractivity contribution in [3.8, 4) is 0 Å². The molecule has 0 fully saturated rings. The fraction of sp³-hybridized carbons (Fsp3) is 0.712. The molecule has 0 aromatic heterocycles. The maximum absolute atomic E-state index is 12.9. The van der Waals surface area contributed by atoms with Crippen LogP contribution in [0.15, 0.2) is 97.2 Å². The largest absolute Gasteiger partial charge is 0.462 e. The quantitative estimate of drug-likeness (QED) is 0.0261. The van der Waals surface area contributed by atoms with Crippen LogP contribution >= 0.6 is 0 Å². The third-order valence-corrected chi connectivity index (χ3v) is 12.8. The van der Waals surface area contributed by atoms with Gasteiger partial charge in [0.1, 0.15) is 13.2 Å². The zero-order valence-electron chi connectivity index (χ0n) is 47.2. The zero-order chi connectivity index (χ0) is 52.2. The molecular weight excluding hydrogens is 889 g/mol. The second kappa shape index (κ2) is 59.9. The SMILES string of the molecule is CC/C=C\C/C=C\C/C=C\C/C=C\C/C=C\CCCC(=O)OC(COC(=O)CCCCCCC/C=C\CCCCCCCCC)COC(=O)CCCCCCCCCCC/C=C\C/C=C\CCCCCCC. The Morgan fingerprint density at radius 1 is 0.292 bits per heavy atom. The standard InChI is InChI=1S/C66H112O6/c1-4-7-10-13-16-19-22-25-28-31-32-33-34-36-38-41-44-47-50-53-56-59-65(68)71-62-63(61-70-64(67)58-55-52-49-46-43-40-37-30-27-24-21-18-15-12-9-6-3)72-66(69)60-57-54-51-48-45-42-39-35-29-26-23-20-17-14-11-8-5-2/h8,11,17,20,22,25-26,29-32,37,39,42,48,51,63H,4-7,9-10,12-16,18-19,21,23-24,27-28,33-36,38,40-41,43-47,49-50,52-62H2,1-3H3/b11-8-,20-17-,25-22-,29-26-,32-31-,37-30-,42-39-,51-48-. The minimum absolute atomic E-state index is 0.105. The topological polar surface area (TPSA) is 78.9 Å². The van der Waals surface area contributed by atoms with Crippen LogP contribution in [-0.2, 0) is 28.6 Å². The van der Waals surface area contributed by atoms with Gasteiger partial charge in [0, 0.05) is 19.3 Å². The Morgan fingerprint density at radius 3 is 0.903 bits per heavy atom. The van der Waals surface area contributed by atoms with E-state index in [0.29, 0.717) is 19.3 Å². The van der Waals surface area contributed by atoms with Gasteiger partial charge in [0.05, 0.1) is 0 Å². The van der Waals surface area contributed by atoms with Gasteiger partial charge >= 0.3 is 17.9 Å². The third kappa shape index (κ3) is 57.2. The summed E-state index contributed by atoms with van der Waals surface area (Å²) in [6.07, 6.45) is 79.8. The Balaban J connectivity index is 4.46. The lowest BCUT2D eigenvalue weighted by Gasteiger charge is -2.18. The van der Waals surface area contributed by atoms with E-state index in [4.69, 9.17) is 14.2 Å². The Bertz CT molecular complexity index is 1430. The van der Waals surface area contributed by atoms with Crippen molar-refractivity contribution < 1.29 is 28.6 Å². The summed E-state index contributed by atoms with van der Waals surface area (Å²) in [7, 11) is 0. The molecule has 0 bridgehead atoms. The monoisotopic (exact) mass is 1000 g/mol. The summed E-state index contributed by atoms with van der Waals surface area (Å²) in [4.78, 5) is 38.2. The first kappa shape index (κ1) is 68.3. The van der Waals surface area contributed by atoms with Gasteiger partial charge in [-0.15, -0.1) is 0 Å². The first-order valence-electron chi connectivity index (χ1n) is 30.2. The molecule has 0 N–H and O–H groups in total. The van der Waals surface area contributed by atoms with E-state index in [2.05, 4.69) is 118 Å². The maximum atomic E-state index is 12.9. The normalized spacial score (nSPS) is 12.8. The maximum Gasteiger partial charge on any atom is 0.306 e. The van der Waals surface area contributed by atoms with Crippen LogP contribution in [0.4, 0.5) is 0 Å². The molecule has 0 spiro atoms. The third-order valence-electron chi connectivity index (χ3n) is 12.8.